The molecule has 0 amide bonds. The third-order valence-corrected chi connectivity index (χ3v) is 11.8. The Bertz CT molecular complexity index is 1100. The van der Waals surface area contributed by atoms with Crippen LogP contribution in [-0.4, -0.2) is 54.5 Å². The van der Waals surface area contributed by atoms with Crippen LogP contribution in [0.1, 0.15) is 47.3 Å². The summed E-state index contributed by atoms with van der Waals surface area (Å²) in [6.07, 6.45) is 5.34. The second-order valence-corrected chi connectivity index (χ2v) is 16.6. The number of aromatic amines is 1. The van der Waals surface area contributed by atoms with Crippen LogP contribution in [0, 0.1) is 9.49 Å². The maximum absolute atomic E-state index is 12.8. The molecule has 1 aliphatic heterocycles. The molecular weight excluding hydrogens is 563 g/mol. The molecule has 188 valence electrons. The van der Waals surface area contributed by atoms with E-state index in [1.807, 2.05) is 24.6 Å². The van der Waals surface area contributed by atoms with Gasteiger partial charge in [-0.2, -0.15) is 4.98 Å². The Labute approximate surface area is 216 Å². The SMILES string of the molecule is C=CCOC1C[C@H](n2cc(I)c3c(=O)[nH]c(/N=C\C(C)C)nc32)O[C@@H]1CO[Si](C)(C)C(C)(C)C. The summed E-state index contributed by atoms with van der Waals surface area (Å²) in [5.74, 6) is 0.535. The molecule has 0 radical (unpaired) electrons. The van der Waals surface area contributed by atoms with E-state index in [2.05, 4.69) is 78.0 Å². The molecule has 34 heavy (non-hydrogen) atoms. The lowest BCUT2D eigenvalue weighted by Crippen LogP contribution is -2.44. The van der Waals surface area contributed by atoms with E-state index in [9.17, 15) is 4.79 Å². The smallest absolute Gasteiger partial charge is 0.262 e. The van der Waals surface area contributed by atoms with Crippen molar-refractivity contribution in [2.24, 2.45) is 10.9 Å². The zero-order valence-electron chi connectivity index (χ0n) is 21.2. The highest BCUT2D eigenvalue weighted by atomic mass is 127. The van der Waals surface area contributed by atoms with Crippen LogP contribution in [0.2, 0.25) is 18.1 Å². The molecule has 1 N–H and O–H groups in total. The van der Waals surface area contributed by atoms with E-state index in [0.29, 0.717) is 30.7 Å². The summed E-state index contributed by atoms with van der Waals surface area (Å²) in [7, 11) is -1.95. The van der Waals surface area contributed by atoms with Crippen molar-refractivity contribution in [2.45, 2.75) is 77.6 Å². The number of rotatable bonds is 9. The number of ether oxygens (including phenoxy) is 2. The van der Waals surface area contributed by atoms with Crippen LogP contribution in [0.25, 0.3) is 11.0 Å². The van der Waals surface area contributed by atoms with Crippen LogP contribution >= 0.6 is 22.6 Å². The van der Waals surface area contributed by atoms with E-state index < -0.39 is 8.32 Å². The van der Waals surface area contributed by atoms with E-state index in [0.717, 1.165) is 3.57 Å². The number of H-pyrrole nitrogens is 1. The van der Waals surface area contributed by atoms with Gasteiger partial charge in [0.15, 0.2) is 14.0 Å². The third-order valence-electron chi connectivity index (χ3n) is 6.45. The summed E-state index contributed by atoms with van der Waals surface area (Å²) in [6.45, 7) is 19.8. The fourth-order valence-corrected chi connectivity index (χ4v) is 5.30. The van der Waals surface area contributed by atoms with Gasteiger partial charge in [0.2, 0.25) is 5.95 Å². The molecule has 3 heterocycles. The number of aliphatic imine (C=N–C) groups is 1. The highest BCUT2D eigenvalue weighted by Gasteiger charge is 2.42. The Hall–Kier alpha value is -1.34. The van der Waals surface area contributed by atoms with Crippen LogP contribution in [0.4, 0.5) is 5.95 Å². The quantitative estimate of drug-likeness (QED) is 0.176. The Morgan fingerprint density at radius 1 is 1.44 bits per heavy atom. The van der Waals surface area contributed by atoms with Gasteiger partial charge in [-0.25, -0.2) is 4.99 Å². The van der Waals surface area contributed by atoms with Gasteiger partial charge in [0, 0.05) is 22.4 Å². The summed E-state index contributed by atoms with van der Waals surface area (Å²) < 4.78 is 21.7. The van der Waals surface area contributed by atoms with Crippen LogP contribution in [0.3, 0.4) is 0 Å². The highest BCUT2D eigenvalue weighted by Crippen LogP contribution is 2.39. The summed E-state index contributed by atoms with van der Waals surface area (Å²) in [5.41, 5.74) is 0.349. The van der Waals surface area contributed by atoms with Gasteiger partial charge in [-0.1, -0.05) is 40.7 Å². The first kappa shape index (κ1) is 27.2. The highest BCUT2D eigenvalue weighted by molar-refractivity contribution is 14.1. The predicted octanol–water partition coefficient (Wildman–Crippen LogP) is 5.57. The first-order chi connectivity index (χ1) is 15.8. The molecule has 0 aliphatic carbocycles. The molecule has 2 aromatic rings. The van der Waals surface area contributed by atoms with Crippen molar-refractivity contribution in [2.75, 3.05) is 13.2 Å². The topological polar surface area (TPSA) is 90.7 Å². The summed E-state index contributed by atoms with van der Waals surface area (Å²) >= 11 is 2.17. The molecular formula is C24H37IN4O4Si. The van der Waals surface area contributed by atoms with Gasteiger partial charge in [0.25, 0.3) is 5.56 Å². The number of fused-ring (bicyclic) bond motifs is 1. The fraction of sp³-hybridized carbons (Fsp3) is 0.625. The second-order valence-electron chi connectivity index (χ2n) is 10.6. The number of nitrogens with zero attached hydrogens (tertiary/aromatic N) is 3. The van der Waals surface area contributed by atoms with E-state index in [-0.39, 0.29) is 40.9 Å². The number of nitrogens with one attached hydrogen (secondary N) is 1. The van der Waals surface area contributed by atoms with Crippen LogP contribution in [0.5, 0.6) is 0 Å². The van der Waals surface area contributed by atoms with E-state index >= 15 is 0 Å². The van der Waals surface area contributed by atoms with Gasteiger partial charge in [0.1, 0.15) is 12.3 Å². The number of hydrogen-bond acceptors (Lipinski definition) is 6. The first-order valence-electron chi connectivity index (χ1n) is 11.7. The molecule has 0 spiro atoms. The van der Waals surface area contributed by atoms with Crippen molar-refractivity contribution in [1.29, 1.82) is 0 Å². The van der Waals surface area contributed by atoms with Crippen molar-refractivity contribution in [3.63, 3.8) is 0 Å². The lowest BCUT2D eigenvalue weighted by Gasteiger charge is -2.37. The second kappa shape index (κ2) is 10.7. The number of aromatic nitrogens is 3. The molecule has 2 aromatic heterocycles. The third kappa shape index (κ3) is 6.07. The van der Waals surface area contributed by atoms with E-state index in [1.165, 1.54) is 0 Å². The summed E-state index contributed by atoms with van der Waals surface area (Å²) in [5, 5.41) is 0.643. The molecule has 0 saturated carbocycles. The first-order valence-corrected chi connectivity index (χ1v) is 15.7. The largest absolute Gasteiger partial charge is 0.414 e. The number of halogens is 1. The lowest BCUT2D eigenvalue weighted by atomic mass is 10.2. The van der Waals surface area contributed by atoms with Gasteiger partial charge in [-0.15, -0.1) is 6.58 Å². The Morgan fingerprint density at radius 3 is 2.76 bits per heavy atom. The molecule has 3 rings (SSSR count). The molecule has 1 saturated heterocycles. The van der Waals surface area contributed by atoms with Crippen LogP contribution in [-0.2, 0) is 13.9 Å². The van der Waals surface area contributed by atoms with Crippen molar-refractivity contribution < 1.29 is 13.9 Å². The molecule has 1 fully saturated rings. The molecule has 3 atom stereocenters. The fourth-order valence-electron chi connectivity index (χ4n) is 3.50. The normalized spacial score (nSPS) is 21.9. The monoisotopic (exact) mass is 600 g/mol. The van der Waals surface area contributed by atoms with Crippen LogP contribution < -0.4 is 5.56 Å². The minimum absolute atomic E-state index is 0.104. The lowest BCUT2D eigenvalue weighted by molar-refractivity contribution is -0.0535. The van der Waals surface area contributed by atoms with Gasteiger partial charge in [-0.05, 0) is 46.6 Å². The van der Waals surface area contributed by atoms with E-state index in [4.69, 9.17) is 13.9 Å². The molecule has 0 aromatic carbocycles. The van der Waals surface area contributed by atoms with Crippen molar-refractivity contribution in [3.05, 3.63) is 32.8 Å². The average molecular weight is 601 g/mol. The average Bonchev–Trinajstić information content (AvgIpc) is 3.29. The van der Waals surface area contributed by atoms with Gasteiger partial charge in [0.05, 0.1) is 24.7 Å². The zero-order valence-corrected chi connectivity index (χ0v) is 24.4. The van der Waals surface area contributed by atoms with Crippen LogP contribution in [0.15, 0.2) is 28.6 Å². The van der Waals surface area contributed by atoms with Gasteiger partial charge in [-0.3, -0.25) is 9.78 Å². The summed E-state index contributed by atoms with van der Waals surface area (Å²) in [4.78, 5) is 24.6. The van der Waals surface area contributed by atoms with Gasteiger partial charge < -0.3 is 18.5 Å². The minimum Gasteiger partial charge on any atom is -0.414 e. The molecule has 1 aliphatic rings. The maximum Gasteiger partial charge on any atom is 0.262 e. The number of hydrogen-bond donors (Lipinski definition) is 1. The van der Waals surface area contributed by atoms with Crippen molar-refractivity contribution in [3.8, 4) is 0 Å². The maximum atomic E-state index is 12.8. The Balaban J connectivity index is 1.92. The van der Waals surface area contributed by atoms with Crippen molar-refractivity contribution >= 4 is 54.1 Å². The van der Waals surface area contributed by atoms with E-state index in [1.54, 1.807) is 12.3 Å². The Kier molecular flexibility index (Phi) is 8.60. The molecule has 0 bridgehead atoms. The molecule has 1 unspecified atom stereocenters. The zero-order chi connectivity index (χ0) is 25.3. The summed E-state index contributed by atoms with van der Waals surface area (Å²) in [6, 6.07) is 0. The van der Waals surface area contributed by atoms with Crippen molar-refractivity contribution in [1.82, 2.24) is 14.5 Å². The Morgan fingerprint density at radius 2 is 2.15 bits per heavy atom. The minimum atomic E-state index is -1.95. The molecule has 8 nitrogen and oxygen atoms in total. The standard InChI is InChI=1S/C24H37IN4O4Si/c1-9-10-31-17-11-19(33-18(17)14-32-34(7,8)24(4,5)6)29-13-16(25)20-21(29)27-23(28-22(20)30)26-12-15(2)3/h9,12-13,15,17-19H,1,10-11,14H2,2-8H3,(H,27,28,30)/b26-12-/t17?,18-,19-/m1/s1. The van der Waals surface area contributed by atoms with Gasteiger partial charge >= 0.3 is 0 Å². The molecule has 10 heteroatoms. The predicted molar refractivity (Wildman–Crippen MR) is 148 cm³/mol.